The fraction of sp³-hybridized carbons (Fsp3) is 0.654. The van der Waals surface area contributed by atoms with E-state index in [2.05, 4.69) is 24.1 Å². The molecule has 0 spiro atoms. The van der Waals surface area contributed by atoms with Crippen molar-refractivity contribution in [2.24, 2.45) is 5.92 Å². The number of fused-ring (bicyclic) bond motifs is 1. The smallest absolute Gasteiger partial charge is 0.255 e. The summed E-state index contributed by atoms with van der Waals surface area (Å²) in [6.07, 6.45) is 4.37. The maximum absolute atomic E-state index is 13.1. The molecule has 1 saturated carbocycles. The number of carbonyl (C=O) groups is 3. The number of piperidine rings is 1. The van der Waals surface area contributed by atoms with Gasteiger partial charge in [0.1, 0.15) is 6.04 Å². The molecule has 8 nitrogen and oxygen atoms in total. The van der Waals surface area contributed by atoms with Gasteiger partial charge in [0.05, 0.1) is 18.8 Å². The third kappa shape index (κ3) is 4.84. The van der Waals surface area contributed by atoms with Gasteiger partial charge in [0.25, 0.3) is 5.91 Å². The number of carbonyl (C=O) groups excluding carboxylic acids is 3. The van der Waals surface area contributed by atoms with Crippen molar-refractivity contribution in [2.75, 3.05) is 39.3 Å². The second-order valence-electron chi connectivity index (χ2n) is 10.5. The van der Waals surface area contributed by atoms with Gasteiger partial charge in [-0.25, -0.2) is 0 Å². The molecule has 2 saturated heterocycles. The first kappa shape index (κ1) is 23.3. The molecule has 1 aliphatic carbocycles. The van der Waals surface area contributed by atoms with Crippen molar-refractivity contribution in [3.63, 3.8) is 0 Å². The first-order valence-electron chi connectivity index (χ1n) is 12.8. The van der Waals surface area contributed by atoms with Crippen molar-refractivity contribution in [3.8, 4) is 0 Å². The minimum absolute atomic E-state index is 0.0205. The van der Waals surface area contributed by atoms with Crippen molar-refractivity contribution < 1.29 is 19.1 Å². The quantitative estimate of drug-likeness (QED) is 0.689. The molecular formula is C26H36N4O4. The van der Waals surface area contributed by atoms with E-state index in [1.165, 1.54) is 0 Å². The molecule has 4 aliphatic rings. The summed E-state index contributed by atoms with van der Waals surface area (Å²) in [5.41, 5.74) is 1.35. The molecule has 0 radical (unpaired) electrons. The Kier molecular flexibility index (Phi) is 6.62. The topological polar surface area (TPSA) is 82.2 Å². The first-order valence-corrected chi connectivity index (χ1v) is 12.8. The van der Waals surface area contributed by atoms with Crippen LogP contribution >= 0.6 is 0 Å². The van der Waals surface area contributed by atoms with E-state index in [0.717, 1.165) is 64.0 Å². The molecule has 3 heterocycles. The molecule has 0 aromatic heterocycles. The summed E-state index contributed by atoms with van der Waals surface area (Å²) >= 11 is 0. The van der Waals surface area contributed by atoms with Gasteiger partial charge < -0.3 is 19.9 Å². The third-order valence-electron chi connectivity index (χ3n) is 7.58. The Morgan fingerprint density at radius 2 is 1.71 bits per heavy atom. The van der Waals surface area contributed by atoms with Crippen LogP contribution in [0.4, 0.5) is 0 Å². The van der Waals surface area contributed by atoms with E-state index >= 15 is 0 Å². The van der Waals surface area contributed by atoms with Gasteiger partial charge in [0.2, 0.25) is 11.8 Å². The van der Waals surface area contributed by atoms with Crippen LogP contribution in [0.25, 0.3) is 0 Å². The number of amides is 3. The van der Waals surface area contributed by atoms with Crippen molar-refractivity contribution in [2.45, 2.75) is 63.8 Å². The fourth-order valence-electron chi connectivity index (χ4n) is 5.87. The number of likely N-dealkylation sites (tertiary alicyclic amines) is 1. The zero-order valence-corrected chi connectivity index (χ0v) is 20.2. The lowest BCUT2D eigenvalue weighted by Gasteiger charge is -2.39. The summed E-state index contributed by atoms with van der Waals surface area (Å²) < 4.78 is 5.83. The van der Waals surface area contributed by atoms with E-state index in [0.29, 0.717) is 11.5 Å². The summed E-state index contributed by atoms with van der Waals surface area (Å²) in [6.45, 7) is 8.70. The zero-order chi connectivity index (χ0) is 23.8. The van der Waals surface area contributed by atoms with Crippen molar-refractivity contribution in [3.05, 3.63) is 35.4 Å². The SMILES string of the molecule is CC1CN(CC2CCN(C(=O)CNC(=O)C3c4ccccc4C(=O)N3C3CC3)CC2)CC(C)O1. The molecule has 3 atom stereocenters. The molecule has 34 heavy (non-hydrogen) atoms. The van der Waals surface area contributed by atoms with Crippen LogP contribution in [0.15, 0.2) is 24.3 Å². The van der Waals surface area contributed by atoms with Crippen LogP contribution in [0.5, 0.6) is 0 Å². The zero-order valence-electron chi connectivity index (χ0n) is 20.2. The molecule has 3 fully saturated rings. The molecule has 3 aliphatic heterocycles. The number of ether oxygens (including phenoxy) is 1. The Hall–Kier alpha value is -2.45. The van der Waals surface area contributed by atoms with Crippen LogP contribution in [0.1, 0.15) is 61.5 Å². The standard InChI is InChI=1S/C26H36N4O4/c1-17-14-28(15-18(2)34-17)16-19-9-11-29(12-10-19)23(31)13-27-25(32)24-21-5-3-4-6-22(21)26(33)30(24)20-7-8-20/h3-6,17-20,24H,7-16H2,1-2H3,(H,27,32). The predicted octanol–water partition coefficient (Wildman–Crippen LogP) is 1.81. The van der Waals surface area contributed by atoms with E-state index in [1.54, 1.807) is 11.0 Å². The van der Waals surface area contributed by atoms with Crippen LogP contribution in [0.2, 0.25) is 0 Å². The van der Waals surface area contributed by atoms with Crippen LogP contribution in [0.3, 0.4) is 0 Å². The summed E-state index contributed by atoms with van der Waals surface area (Å²) in [7, 11) is 0. The fourth-order valence-corrected chi connectivity index (χ4v) is 5.87. The Labute approximate surface area is 201 Å². The van der Waals surface area contributed by atoms with E-state index < -0.39 is 6.04 Å². The lowest BCUT2D eigenvalue weighted by atomic mass is 9.95. The second-order valence-corrected chi connectivity index (χ2v) is 10.5. The lowest BCUT2D eigenvalue weighted by Crippen LogP contribution is -2.50. The van der Waals surface area contributed by atoms with Gasteiger partial charge in [-0.05, 0) is 57.1 Å². The Bertz CT molecular complexity index is 930. The number of nitrogens with zero attached hydrogens (tertiary/aromatic N) is 3. The van der Waals surface area contributed by atoms with Gasteiger partial charge in [-0.15, -0.1) is 0 Å². The number of nitrogens with one attached hydrogen (secondary N) is 1. The highest BCUT2D eigenvalue weighted by molar-refractivity contribution is 6.05. The number of benzene rings is 1. The molecule has 1 N–H and O–H groups in total. The number of hydrogen-bond acceptors (Lipinski definition) is 5. The van der Waals surface area contributed by atoms with Gasteiger partial charge in [0, 0.05) is 44.3 Å². The van der Waals surface area contributed by atoms with Crippen LogP contribution in [-0.2, 0) is 14.3 Å². The van der Waals surface area contributed by atoms with Gasteiger partial charge in [0.15, 0.2) is 0 Å². The number of rotatable bonds is 6. The van der Waals surface area contributed by atoms with E-state index in [4.69, 9.17) is 4.74 Å². The summed E-state index contributed by atoms with van der Waals surface area (Å²) in [4.78, 5) is 44.9. The largest absolute Gasteiger partial charge is 0.373 e. The maximum Gasteiger partial charge on any atom is 0.255 e. The number of morpholine rings is 1. The summed E-state index contributed by atoms with van der Waals surface area (Å²) in [5.74, 6) is 0.208. The average molecular weight is 469 g/mol. The molecule has 8 heteroatoms. The molecule has 0 bridgehead atoms. The molecular weight excluding hydrogens is 432 g/mol. The Morgan fingerprint density at radius 1 is 1.03 bits per heavy atom. The molecule has 5 rings (SSSR count). The predicted molar refractivity (Wildman–Crippen MR) is 127 cm³/mol. The van der Waals surface area contributed by atoms with E-state index in [9.17, 15) is 14.4 Å². The minimum atomic E-state index is -0.631. The van der Waals surface area contributed by atoms with Crippen LogP contribution in [0, 0.1) is 5.92 Å². The normalized spacial score (nSPS) is 28.2. The van der Waals surface area contributed by atoms with Crippen molar-refractivity contribution in [1.29, 1.82) is 0 Å². The van der Waals surface area contributed by atoms with Gasteiger partial charge in [-0.2, -0.15) is 0 Å². The van der Waals surface area contributed by atoms with E-state index in [1.807, 2.05) is 23.1 Å². The van der Waals surface area contributed by atoms with E-state index in [-0.39, 0.29) is 42.5 Å². The highest BCUT2D eigenvalue weighted by atomic mass is 16.5. The second kappa shape index (κ2) is 9.66. The maximum atomic E-state index is 13.1. The van der Waals surface area contributed by atoms with Crippen molar-refractivity contribution in [1.82, 2.24) is 20.0 Å². The molecule has 184 valence electrons. The van der Waals surface area contributed by atoms with Gasteiger partial charge >= 0.3 is 0 Å². The molecule has 3 amide bonds. The summed E-state index contributed by atoms with van der Waals surface area (Å²) in [5, 5.41) is 2.84. The van der Waals surface area contributed by atoms with Gasteiger partial charge in [-0.3, -0.25) is 19.3 Å². The van der Waals surface area contributed by atoms with Crippen LogP contribution < -0.4 is 5.32 Å². The number of hydrogen-bond donors (Lipinski definition) is 1. The van der Waals surface area contributed by atoms with Crippen molar-refractivity contribution >= 4 is 17.7 Å². The monoisotopic (exact) mass is 468 g/mol. The minimum Gasteiger partial charge on any atom is -0.373 e. The Balaban J connectivity index is 1.11. The molecule has 1 aromatic rings. The average Bonchev–Trinajstić information content (AvgIpc) is 3.61. The highest BCUT2D eigenvalue weighted by Gasteiger charge is 2.47. The Morgan fingerprint density at radius 3 is 2.38 bits per heavy atom. The lowest BCUT2D eigenvalue weighted by molar-refractivity contribution is -0.135. The highest BCUT2D eigenvalue weighted by Crippen LogP contribution is 2.41. The first-order chi connectivity index (χ1) is 16.4. The molecule has 1 aromatic carbocycles. The third-order valence-corrected chi connectivity index (χ3v) is 7.58. The molecule has 3 unspecified atom stereocenters. The van der Waals surface area contributed by atoms with Gasteiger partial charge in [-0.1, -0.05) is 18.2 Å². The summed E-state index contributed by atoms with van der Waals surface area (Å²) in [6, 6.07) is 6.82. The van der Waals surface area contributed by atoms with Crippen LogP contribution in [-0.4, -0.2) is 89.9 Å².